The third kappa shape index (κ3) is 2.47. The van der Waals surface area contributed by atoms with Crippen LogP contribution in [0.4, 0.5) is 5.69 Å². The maximum atomic E-state index is 11.6. The van der Waals surface area contributed by atoms with Crippen LogP contribution in [-0.2, 0) is 11.2 Å². The van der Waals surface area contributed by atoms with Gasteiger partial charge in [0.15, 0.2) is 5.78 Å². The van der Waals surface area contributed by atoms with Crippen molar-refractivity contribution in [1.29, 1.82) is 0 Å². The molecule has 1 aromatic rings. The Bertz CT molecular complexity index is 678. The molecule has 1 unspecified atom stereocenters. The molecule has 1 aromatic carbocycles. The van der Waals surface area contributed by atoms with Gasteiger partial charge in [0.2, 0.25) is 0 Å². The van der Waals surface area contributed by atoms with Gasteiger partial charge in [-0.15, -0.1) is 0 Å². The fraction of sp³-hybridized carbons (Fsp3) is 0.412. The van der Waals surface area contributed by atoms with Crippen molar-refractivity contribution in [3.63, 3.8) is 0 Å². The zero-order valence-corrected chi connectivity index (χ0v) is 12.8. The van der Waals surface area contributed by atoms with Gasteiger partial charge in [0.25, 0.3) is 0 Å². The van der Waals surface area contributed by atoms with Crippen LogP contribution in [0.5, 0.6) is 0 Å². The van der Waals surface area contributed by atoms with Gasteiger partial charge < -0.3 is 15.3 Å². The number of anilines is 1. The quantitative estimate of drug-likeness (QED) is 0.820. The number of rotatable bonds is 2. The van der Waals surface area contributed by atoms with Gasteiger partial charge >= 0.3 is 5.97 Å². The van der Waals surface area contributed by atoms with Crippen LogP contribution in [-0.4, -0.2) is 29.9 Å². The lowest BCUT2D eigenvalue weighted by Gasteiger charge is -2.33. The maximum Gasteiger partial charge on any atom is 0.326 e. The van der Waals surface area contributed by atoms with Crippen LogP contribution in [0.1, 0.15) is 42.1 Å². The summed E-state index contributed by atoms with van der Waals surface area (Å²) in [4.78, 5) is 24.9. The van der Waals surface area contributed by atoms with Gasteiger partial charge in [-0.25, -0.2) is 4.79 Å². The summed E-state index contributed by atoms with van der Waals surface area (Å²) in [5, 5.41) is 12.5. The second-order valence-electron chi connectivity index (χ2n) is 6.02. The fourth-order valence-electron chi connectivity index (χ4n) is 3.26. The molecule has 1 atom stereocenters. The molecule has 0 amide bonds. The summed E-state index contributed by atoms with van der Waals surface area (Å²) in [6, 6.07) is 5.22. The number of carboxylic acids is 1. The zero-order chi connectivity index (χ0) is 15.9. The van der Waals surface area contributed by atoms with E-state index in [0.717, 1.165) is 30.8 Å². The number of nitrogens with one attached hydrogen (secondary N) is 1. The summed E-state index contributed by atoms with van der Waals surface area (Å²) < 4.78 is 0. The van der Waals surface area contributed by atoms with Crippen molar-refractivity contribution in [2.45, 2.75) is 38.6 Å². The molecule has 22 heavy (non-hydrogen) atoms. The van der Waals surface area contributed by atoms with Crippen LogP contribution in [0.25, 0.3) is 0 Å². The number of nitrogens with zero attached hydrogens (tertiary/aromatic N) is 1. The van der Waals surface area contributed by atoms with Crippen molar-refractivity contribution in [2.24, 2.45) is 0 Å². The van der Waals surface area contributed by atoms with Gasteiger partial charge in [-0.05, 0) is 49.8 Å². The normalized spacial score (nSPS) is 20.6. The summed E-state index contributed by atoms with van der Waals surface area (Å²) in [5.41, 5.74) is 4.08. The highest BCUT2D eigenvalue weighted by molar-refractivity contribution is 5.95. The summed E-state index contributed by atoms with van der Waals surface area (Å²) in [6.07, 6.45) is 3.22. The molecule has 2 aliphatic heterocycles. The van der Waals surface area contributed by atoms with E-state index in [1.54, 1.807) is 6.92 Å². The first-order chi connectivity index (χ1) is 10.5. The smallest absolute Gasteiger partial charge is 0.326 e. The number of hydrogen-bond acceptors (Lipinski definition) is 4. The summed E-state index contributed by atoms with van der Waals surface area (Å²) in [5.74, 6) is 0.108. The van der Waals surface area contributed by atoms with Crippen molar-refractivity contribution in [1.82, 2.24) is 5.32 Å². The average Bonchev–Trinajstić information content (AvgIpc) is 2.69. The van der Waals surface area contributed by atoms with Crippen molar-refractivity contribution < 1.29 is 14.7 Å². The third-order valence-electron chi connectivity index (χ3n) is 4.51. The Morgan fingerprint density at radius 2 is 2.14 bits per heavy atom. The summed E-state index contributed by atoms with van der Waals surface area (Å²) in [7, 11) is 1.93. The lowest BCUT2D eigenvalue weighted by molar-refractivity contribution is -0.139. The van der Waals surface area contributed by atoms with E-state index in [1.807, 2.05) is 30.1 Å². The third-order valence-corrected chi connectivity index (χ3v) is 4.51. The molecule has 0 saturated carbocycles. The van der Waals surface area contributed by atoms with E-state index in [-0.39, 0.29) is 5.78 Å². The van der Waals surface area contributed by atoms with Gasteiger partial charge in [-0.2, -0.15) is 0 Å². The number of ketones is 1. The van der Waals surface area contributed by atoms with Crippen molar-refractivity contribution >= 4 is 17.4 Å². The highest BCUT2D eigenvalue weighted by atomic mass is 16.4. The molecule has 5 nitrogen and oxygen atoms in total. The van der Waals surface area contributed by atoms with Crippen molar-refractivity contribution in [3.8, 4) is 0 Å². The number of fused-ring (bicyclic) bond motifs is 1. The highest BCUT2D eigenvalue weighted by Gasteiger charge is 2.29. The SMILES string of the molecule is CC(=O)c1ccc2c(c1)N(C)C1=C(CCCC(C(=O)O)N1)C2. The maximum absolute atomic E-state index is 11.6. The van der Waals surface area contributed by atoms with Gasteiger partial charge in [-0.1, -0.05) is 12.1 Å². The Labute approximate surface area is 129 Å². The minimum absolute atomic E-state index is 0.0354. The molecule has 2 heterocycles. The molecule has 0 aromatic heterocycles. The van der Waals surface area contributed by atoms with Crippen LogP contribution < -0.4 is 10.2 Å². The van der Waals surface area contributed by atoms with Gasteiger partial charge in [0, 0.05) is 18.3 Å². The largest absolute Gasteiger partial charge is 0.480 e. The number of hydrogen-bond donors (Lipinski definition) is 2. The molecular weight excluding hydrogens is 280 g/mol. The molecule has 0 bridgehead atoms. The first-order valence-corrected chi connectivity index (χ1v) is 7.56. The van der Waals surface area contributed by atoms with Gasteiger partial charge in [0.05, 0.1) is 0 Å². The van der Waals surface area contributed by atoms with Gasteiger partial charge in [0.1, 0.15) is 11.9 Å². The fourth-order valence-corrected chi connectivity index (χ4v) is 3.26. The predicted molar refractivity (Wildman–Crippen MR) is 84.0 cm³/mol. The van der Waals surface area contributed by atoms with Crippen LogP contribution in [0.3, 0.4) is 0 Å². The average molecular weight is 300 g/mol. The number of carbonyl (C=O) groups excluding carboxylic acids is 1. The van der Waals surface area contributed by atoms with E-state index in [4.69, 9.17) is 0 Å². The molecule has 3 rings (SSSR count). The first-order valence-electron chi connectivity index (χ1n) is 7.56. The molecule has 0 fully saturated rings. The standard InChI is InChI=1S/C17H20N2O3/c1-10(20)11-6-7-12-8-13-4-3-5-14(17(21)22)18-16(13)19(2)15(12)9-11/h6-7,9,14,18H,3-5,8H2,1-2H3,(H,21,22). The number of carbonyl (C=O) groups is 2. The van der Waals surface area contributed by atoms with Crippen molar-refractivity contribution in [2.75, 3.05) is 11.9 Å². The predicted octanol–water partition coefficient (Wildman–Crippen LogP) is 2.32. The molecule has 2 N–H and O–H groups in total. The number of Topliss-reactive ketones (excluding diaryl/α,β-unsaturated/α-hetero) is 1. The Morgan fingerprint density at radius 1 is 1.36 bits per heavy atom. The Hall–Kier alpha value is -2.30. The van der Waals surface area contributed by atoms with E-state index in [0.29, 0.717) is 12.0 Å². The first kappa shape index (κ1) is 14.6. The molecule has 0 aliphatic carbocycles. The Balaban J connectivity index is 1.99. The summed E-state index contributed by atoms with van der Waals surface area (Å²) in [6.45, 7) is 1.56. The zero-order valence-electron chi connectivity index (χ0n) is 12.8. The van der Waals surface area contributed by atoms with Crippen LogP contribution in [0.2, 0.25) is 0 Å². The summed E-state index contributed by atoms with van der Waals surface area (Å²) >= 11 is 0. The molecule has 116 valence electrons. The second-order valence-corrected chi connectivity index (χ2v) is 6.02. The Kier molecular flexibility index (Phi) is 3.64. The van der Waals surface area contributed by atoms with Gasteiger partial charge in [-0.3, -0.25) is 4.79 Å². The van der Waals surface area contributed by atoms with Crippen LogP contribution >= 0.6 is 0 Å². The van der Waals surface area contributed by atoms with Crippen LogP contribution in [0.15, 0.2) is 29.6 Å². The Morgan fingerprint density at radius 3 is 2.82 bits per heavy atom. The molecule has 0 radical (unpaired) electrons. The van der Waals surface area contributed by atoms with E-state index >= 15 is 0 Å². The molecule has 5 heteroatoms. The molecule has 2 aliphatic rings. The lowest BCUT2D eigenvalue weighted by Crippen LogP contribution is -2.42. The molecule has 0 spiro atoms. The second kappa shape index (κ2) is 5.48. The van der Waals surface area contributed by atoms with E-state index in [9.17, 15) is 14.7 Å². The van der Waals surface area contributed by atoms with Crippen LogP contribution in [0, 0.1) is 0 Å². The minimum Gasteiger partial charge on any atom is -0.480 e. The van der Waals surface area contributed by atoms with Crippen molar-refractivity contribution in [3.05, 3.63) is 40.7 Å². The van der Waals surface area contributed by atoms with E-state index < -0.39 is 12.0 Å². The number of benzene rings is 1. The number of aliphatic carboxylic acids is 1. The van der Waals surface area contributed by atoms with E-state index in [1.165, 1.54) is 11.1 Å². The van der Waals surface area contributed by atoms with E-state index in [2.05, 4.69) is 5.32 Å². The molecular formula is C17H20N2O3. The monoisotopic (exact) mass is 300 g/mol. The number of carboxylic acid groups (broad SMARTS) is 1. The topological polar surface area (TPSA) is 69.6 Å². The number of allylic oxidation sites excluding steroid dienone is 1. The lowest BCUT2D eigenvalue weighted by atomic mass is 9.94. The minimum atomic E-state index is -0.814. The highest BCUT2D eigenvalue weighted by Crippen LogP contribution is 2.35. The molecule has 0 saturated heterocycles.